The first-order valence-electron chi connectivity index (χ1n) is 4.15. The van der Waals surface area contributed by atoms with E-state index in [1.54, 1.807) is 20.8 Å². The Morgan fingerprint density at radius 2 is 1.71 bits per heavy atom. The lowest BCUT2D eigenvalue weighted by atomic mass is 10.0. The Labute approximate surface area is 98.9 Å². The van der Waals surface area contributed by atoms with Crippen molar-refractivity contribution >= 4 is 34.8 Å². The van der Waals surface area contributed by atoms with Gasteiger partial charge < -0.3 is 14.9 Å². The maximum absolute atomic E-state index is 9.44. The fraction of sp³-hybridized carbons (Fsp3) is 1.00. The molecule has 14 heavy (non-hydrogen) atoms. The van der Waals surface area contributed by atoms with Crippen molar-refractivity contribution < 1.29 is 14.9 Å². The number of aliphatic hydroxyl groups excluding tert-OH is 1. The molecular weight excluding hydrogens is 250 g/mol. The third-order valence-electron chi connectivity index (χ3n) is 1.43. The van der Waals surface area contributed by atoms with Crippen LogP contribution in [0.25, 0.3) is 0 Å². The first-order chi connectivity index (χ1) is 6.02. The highest BCUT2D eigenvalue weighted by Gasteiger charge is 2.33. The van der Waals surface area contributed by atoms with E-state index >= 15 is 0 Å². The van der Waals surface area contributed by atoms with E-state index in [1.165, 1.54) is 0 Å². The van der Waals surface area contributed by atoms with Crippen LogP contribution in [0, 0.1) is 0 Å². The summed E-state index contributed by atoms with van der Waals surface area (Å²) >= 11 is 16.2. The third kappa shape index (κ3) is 7.10. The number of aliphatic hydroxyl groups is 2. The molecule has 6 heteroatoms. The molecule has 2 N–H and O–H groups in total. The molecule has 0 fully saturated rings. The van der Waals surface area contributed by atoms with Crippen LogP contribution in [0.15, 0.2) is 0 Å². The predicted molar refractivity (Wildman–Crippen MR) is 57.8 cm³/mol. The van der Waals surface area contributed by atoms with Gasteiger partial charge in [0.25, 0.3) is 0 Å². The van der Waals surface area contributed by atoms with Gasteiger partial charge in [-0.2, -0.15) is 0 Å². The Hall–Kier alpha value is 0.750. The molecule has 0 amide bonds. The highest BCUT2D eigenvalue weighted by molar-refractivity contribution is 6.67. The highest BCUT2D eigenvalue weighted by atomic mass is 35.6. The average molecular weight is 266 g/mol. The summed E-state index contributed by atoms with van der Waals surface area (Å²) in [4.78, 5) is 0. The molecule has 0 saturated heterocycles. The van der Waals surface area contributed by atoms with Crippen LogP contribution in [0.4, 0.5) is 0 Å². The number of alkyl halides is 3. The van der Waals surface area contributed by atoms with E-state index in [2.05, 4.69) is 0 Å². The maximum Gasteiger partial charge on any atom is 0.240 e. The monoisotopic (exact) mass is 264 g/mol. The van der Waals surface area contributed by atoms with Crippen molar-refractivity contribution in [2.75, 3.05) is 0 Å². The van der Waals surface area contributed by atoms with E-state index in [0.717, 1.165) is 0 Å². The standard InChI is InChI=1S/C8H15Cl3O3/c1-5(4-7(2,3)13)14-6(12)8(9,10)11/h5-6,12-13H,4H2,1-3H3. The Bertz CT molecular complexity index is 174. The van der Waals surface area contributed by atoms with Gasteiger partial charge in [0.2, 0.25) is 10.1 Å². The second-order valence-corrected chi connectivity index (χ2v) is 6.23. The molecule has 0 aliphatic carbocycles. The van der Waals surface area contributed by atoms with E-state index in [0.29, 0.717) is 6.42 Å². The summed E-state index contributed by atoms with van der Waals surface area (Å²) in [6, 6.07) is 0. The number of ether oxygens (including phenoxy) is 1. The molecule has 0 saturated carbocycles. The Morgan fingerprint density at radius 1 is 1.29 bits per heavy atom. The van der Waals surface area contributed by atoms with E-state index in [1.807, 2.05) is 0 Å². The zero-order valence-corrected chi connectivity index (χ0v) is 10.6. The predicted octanol–water partition coefficient (Wildman–Crippen LogP) is 2.24. The maximum atomic E-state index is 9.44. The minimum atomic E-state index is -1.87. The molecule has 2 unspecified atom stereocenters. The quantitative estimate of drug-likeness (QED) is 0.605. The molecule has 3 nitrogen and oxygen atoms in total. The summed E-state index contributed by atoms with van der Waals surface area (Å²) in [5.41, 5.74) is -0.882. The van der Waals surface area contributed by atoms with Gasteiger partial charge in [-0.15, -0.1) is 0 Å². The van der Waals surface area contributed by atoms with E-state index in [-0.39, 0.29) is 0 Å². The van der Waals surface area contributed by atoms with Crippen LogP contribution in [0.3, 0.4) is 0 Å². The van der Waals surface area contributed by atoms with Crippen LogP contribution in [-0.2, 0) is 4.74 Å². The number of rotatable bonds is 4. The minimum absolute atomic E-state index is 0.338. The summed E-state index contributed by atoms with van der Waals surface area (Å²) in [5, 5.41) is 18.7. The number of halogens is 3. The summed E-state index contributed by atoms with van der Waals surface area (Å²) in [7, 11) is 0. The fourth-order valence-electron chi connectivity index (χ4n) is 1.05. The topological polar surface area (TPSA) is 49.7 Å². The molecule has 0 aromatic carbocycles. The van der Waals surface area contributed by atoms with Gasteiger partial charge in [0.05, 0.1) is 11.7 Å². The summed E-state index contributed by atoms with van der Waals surface area (Å²) in [6.07, 6.45) is -1.56. The highest BCUT2D eigenvalue weighted by Crippen LogP contribution is 2.32. The van der Waals surface area contributed by atoms with Gasteiger partial charge in [0.1, 0.15) is 0 Å². The molecule has 2 atom stereocenters. The van der Waals surface area contributed by atoms with Gasteiger partial charge in [-0.25, -0.2) is 0 Å². The van der Waals surface area contributed by atoms with Crippen molar-refractivity contribution in [3.05, 3.63) is 0 Å². The second kappa shape index (κ2) is 5.19. The number of hydrogen-bond acceptors (Lipinski definition) is 3. The van der Waals surface area contributed by atoms with Gasteiger partial charge >= 0.3 is 0 Å². The summed E-state index contributed by atoms with van der Waals surface area (Å²) < 4.78 is 3.12. The van der Waals surface area contributed by atoms with E-state index in [4.69, 9.17) is 39.5 Å². The van der Waals surface area contributed by atoms with Gasteiger partial charge in [0.15, 0.2) is 0 Å². The molecule has 0 aliphatic heterocycles. The van der Waals surface area contributed by atoms with Crippen molar-refractivity contribution in [3.63, 3.8) is 0 Å². The Balaban J connectivity index is 4.01. The number of hydrogen-bond donors (Lipinski definition) is 2. The average Bonchev–Trinajstić information content (AvgIpc) is 1.79. The minimum Gasteiger partial charge on any atom is -0.390 e. The SMILES string of the molecule is CC(CC(C)(C)O)OC(O)C(Cl)(Cl)Cl. The van der Waals surface area contributed by atoms with Gasteiger partial charge in [0, 0.05) is 6.42 Å². The van der Waals surface area contributed by atoms with Gasteiger partial charge in [-0.3, -0.25) is 0 Å². The lowest BCUT2D eigenvalue weighted by molar-refractivity contribution is -0.141. The molecule has 0 bridgehead atoms. The van der Waals surface area contributed by atoms with Crippen molar-refractivity contribution in [2.45, 2.75) is 49.0 Å². The molecule has 0 aliphatic rings. The first-order valence-corrected chi connectivity index (χ1v) is 5.28. The molecule has 0 spiro atoms. The third-order valence-corrected chi connectivity index (χ3v) is 1.99. The lowest BCUT2D eigenvalue weighted by Gasteiger charge is -2.27. The normalized spacial score (nSPS) is 18.0. The van der Waals surface area contributed by atoms with Crippen LogP contribution in [0.5, 0.6) is 0 Å². The molecule has 86 valence electrons. The van der Waals surface area contributed by atoms with Crippen molar-refractivity contribution in [1.29, 1.82) is 0 Å². The zero-order valence-electron chi connectivity index (χ0n) is 8.30. The molecule has 0 rings (SSSR count). The Kier molecular flexibility index (Phi) is 5.47. The second-order valence-electron chi connectivity index (χ2n) is 3.86. The van der Waals surface area contributed by atoms with Crippen LogP contribution in [-0.4, -0.2) is 32.0 Å². The van der Waals surface area contributed by atoms with Crippen LogP contribution < -0.4 is 0 Å². The molecule has 0 aromatic rings. The van der Waals surface area contributed by atoms with E-state index in [9.17, 15) is 10.2 Å². The van der Waals surface area contributed by atoms with Crippen molar-refractivity contribution in [1.82, 2.24) is 0 Å². The van der Waals surface area contributed by atoms with Crippen molar-refractivity contribution in [2.24, 2.45) is 0 Å². The summed E-state index contributed by atoms with van der Waals surface area (Å²) in [5.74, 6) is 0. The van der Waals surface area contributed by atoms with Gasteiger partial charge in [-0.1, -0.05) is 34.8 Å². The largest absolute Gasteiger partial charge is 0.390 e. The van der Waals surface area contributed by atoms with E-state index < -0.39 is 21.8 Å². The van der Waals surface area contributed by atoms with Crippen LogP contribution >= 0.6 is 34.8 Å². The first kappa shape index (κ1) is 14.8. The van der Waals surface area contributed by atoms with Crippen LogP contribution in [0.2, 0.25) is 0 Å². The zero-order chi connectivity index (χ0) is 11.6. The molecular formula is C8H15Cl3O3. The molecule has 0 radical (unpaired) electrons. The van der Waals surface area contributed by atoms with Crippen LogP contribution in [0.1, 0.15) is 27.2 Å². The molecule has 0 aromatic heterocycles. The summed E-state index contributed by atoms with van der Waals surface area (Å²) in [6.45, 7) is 4.95. The fourth-order valence-corrected chi connectivity index (χ4v) is 1.20. The Morgan fingerprint density at radius 3 is 2.00 bits per heavy atom. The lowest BCUT2D eigenvalue weighted by Crippen LogP contribution is -2.35. The van der Waals surface area contributed by atoms with Crippen molar-refractivity contribution in [3.8, 4) is 0 Å². The smallest absolute Gasteiger partial charge is 0.240 e. The molecule has 0 heterocycles. The van der Waals surface area contributed by atoms with Gasteiger partial charge in [-0.05, 0) is 20.8 Å².